The SMILES string of the molecule is CNC1CCN(Cc2cccc(OC)c2)C(C)C1. The number of benzene rings is 1. The molecule has 2 unspecified atom stereocenters. The predicted octanol–water partition coefficient (Wildman–Crippen LogP) is 2.27. The number of methoxy groups -OCH3 is 1. The molecule has 1 heterocycles. The van der Waals surface area contributed by atoms with Gasteiger partial charge in [0.2, 0.25) is 0 Å². The van der Waals surface area contributed by atoms with E-state index in [1.807, 2.05) is 6.07 Å². The van der Waals surface area contributed by atoms with Gasteiger partial charge >= 0.3 is 0 Å². The molecule has 0 bridgehead atoms. The van der Waals surface area contributed by atoms with Crippen LogP contribution in [-0.2, 0) is 6.54 Å². The van der Waals surface area contributed by atoms with Gasteiger partial charge < -0.3 is 10.1 Å². The standard InChI is InChI=1S/C15H24N2O/c1-12-9-14(16-2)7-8-17(12)11-13-5-4-6-15(10-13)18-3/h4-6,10,12,14,16H,7-9,11H2,1-3H3. The zero-order valence-corrected chi connectivity index (χ0v) is 11.6. The summed E-state index contributed by atoms with van der Waals surface area (Å²) in [5, 5.41) is 3.39. The number of ether oxygens (including phenoxy) is 1. The lowest BCUT2D eigenvalue weighted by atomic mass is 9.98. The molecular formula is C15H24N2O. The molecule has 0 spiro atoms. The van der Waals surface area contributed by atoms with Gasteiger partial charge in [-0.3, -0.25) is 4.90 Å². The number of hydrogen-bond acceptors (Lipinski definition) is 3. The van der Waals surface area contributed by atoms with E-state index in [0.717, 1.165) is 12.3 Å². The molecule has 18 heavy (non-hydrogen) atoms. The first-order chi connectivity index (χ1) is 8.72. The van der Waals surface area contributed by atoms with Crippen molar-refractivity contribution in [1.82, 2.24) is 10.2 Å². The Morgan fingerprint density at radius 1 is 1.44 bits per heavy atom. The molecule has 2 rings (SSSR count). The zero-order valence-electron chi connectivity index (χ0n) is 11.6. The monoisotopic (exact) mass is 248 g/mol. The van der Waals surface area contributed by atoms with E-state index in [2.05, 4.69) is 42.4 Å². The van der Waals surface area contributed by atoms with Crippen LogP contribution in [0.1, 0.15) is 25.3 Å². The summed E-state index contributed by atoms with van der Waals surface area (Å²) in [6.45, 7) is 4.52. The minimum absolute atomic E-state index is 0.641. The van der Waals surface area contributed by atoms with Crippen LogP contribution in [0, 0.1) is 0 Å². The third-order valence-electron chi connectivity index (χ3n) is 3.94. The van der Waals surface area contributed by atoms with Crippen molar-refractivity contribution < 1.29 is 4.74 Å². The average molecular weight is 248 g/mol. The van der Waals surface area contributed by atoms with Crippen LogP contribution < -0.4 is 10.1 Å². The van der Waals surface area contributed by atoms with Crippen LogP contribution in [0.3, 0.4) is 0 Å². The molecule has 1 fully saturated rings. The van der Waals surface area contributed by atoms with E-state index in [1.54, 1.807) is 7.11 Å². The number of rotatable bonds is 4. The van der Waals surface area contributed by atoms with Gasteiger partial charge in [-0.2, -0.15) is 0 Å². The lowest BCUT2D eigenvalue weighted by Crippen LogP contribution is -2.46. The predicted molar refractivity (Wildman–Crippen MR) is 74.9 cm³/mol. The first-order valence-electron chi connectivity index (χ1n) is 6.77. The fourth-order valence-corrected chi connectivity index (χ4v) is 2.72. The molecule has 1 aromatic carbocycles. The zero-order chi connectivity index (χ0) is 13.0. The molecule has 1 N–H and O–H groups in total. The van der Waals surface area contributed by atoms with Gasteiger partial charge in [-0.1, -0.05) is 12.1 Å². The van der Waals surface area contributed by atoms with Crippen molar-refractivity contribution >= 4 is 0 Å². The smallest absolute Gasteiger partial charge is 0.119 e. The van der Waals surface area contributed by atoms with Gasteiger partial charge in [0.1, 0.15) is 5.75 Å². The largest absolute Gasteiger partial charge is 0.497 e. The molecule has 0 radical (unpaired) electrons. The molecule has 0 aromatic heterocycles. The maximum atomic E-state index is 5.28. The highest BCUT2D eigenvalue weighted by Gasteiger charge is 2.24. The summed E-state index contributed by atoms with van der Waals surface area (Å²) in [5.74, 6) is 0.949. The van der Waals surface area contributed by atoms with Crippen molar-refractivity contribution in [2.24, 2.45) is 0 Å². The van der Waals surface area contributed by atoms with Crippen LogP contribution in [0.5, 0.6) is 5.75 Å². The van der Waals surface area contributed by atoms with E-state index in [1.165, 1.54) is 24.9 Å². The van der Waals surface area contributed by atoms with Gasteiger partial charge in [0.05, 0.1) is 7.11 Å². The summed E-state index contributed by atoms with van der Waals surface area (Å²) >= 11 is 0. The number of likely N-dealkylation sites (tertiary alicyclic amines) is 1. The second-order valence-corrected chi connectivity index (χ2v) is 5.18. The van der Waals surface area contributed by atoms with Crippen LogP contribution >= 0.6 is 0 Å². The number of nitrogens with zero attached hydrogens (tertiary/aromatic N) is 1. The Kier molecular flexibility index (Phi) is 4.61. The summed E-state index contributed by atoms with van der Waals surface area (Å²) < 4.78 is 5.28. The van der Waals surface area contributed by atoms with Crippen LogP contribution in [0.2, 0.25) is 0 Å². The molecule has 0 amide bonds. The fraction of sp³-hybridized carbons (Fsp3) is 0.600. The molecule has 0 aliphatic carbocycles. The van der Waals surface area contributed by atoms with Crippen molar-refractivity contribution in [2.75, 3.05) is 20.7 Å². The Bertz CT molecular complexity index is 381. The fourth-order valence-electron chi connectivity index (χ4n) is 2.72. The molecule has 1 aliphatic rings. The Morgan fingerprint density at radius 3 is 2.94 bits per heavy atom. The van der Waals surface area contributed by atoms with Crippen molar-refractivity contribution in [1.29, 1.82) is 0 Å². The van der Waals surface area contributed by atoms with Gasteiger partial charge in [0.15, 0.2) is 0 Å². The second kappa shape index (κ2) is 6.21. The maximum Gasteiger partial charge on any atom is 0.119 e. The van der Waals surface area contributed by atoms with Gasteiger partial charge in [0, 0.05) is 25.2 Å². The van der Waals surface area contributed by atoms with Crippen LogP contribution in [-0.4, -0.2) is 37.7 Å². The summed E-state index contributed by atoms with van der Waals surface area (Å²) in [6, 6.07) is 9.71. The molecule has 0 saturated carbocycles. The van der Waals surface area contributed by atoms with E-state index in [4.69, 9.17) is 4.74 Å². The molecule has 1 saturated heterocycles. The van der Waals surface area contributed by atoms with Crippen LogP contribution in [0.15, 0.2) is 24.3 Å². The topological polar surface area (TPSA) is 24.5 Å². The van der Waals surface area contributed by atoms with Crippen molar-refractivity contribution in [3.8, 4) is 5.75 Å². The molecule has 100 valence electrons. The quantitative estimate of drug-likeness (QED) is 0.884. The van der Waals surface area contributed by atoms with Gasteiger partial charge in [0.25, 0.3) is 0 Å². The van der Waals surface area contributed by atoms with E-state index >= 15 is 0 Å². The lowest BCUT2D eigenvalue weighted by molar-refractivity contribution is 0.131. The molecule has 3 nitrogen and oxygen atoms in total. The third-order valence-corrected chi connectivity index (χ3v) is 3.94. The van der Waals surface area contributed by atoms with Gasteiger partial charge in [-0.05, 0) is 44.5 Å². The molecule has 2 atom stereocenters. The summed E-state index contributed by atoms with van der Waals surface area (Å²) in [6.07, 6.45) is 2.48. The Labute approximate surface area is 110 Å². The van der Waals surface area contributed by atoms with E-state index in [0.29, 0.717) is 12.1 Å². The summed E-state index contributed by atoms with van der Waals surface area (Å²) in [5.41, 5.74) is 1.34. The second-order valence-electron chi connectivity index (χ2n) is 5.18. The van der Waals surface area contributed by atoms with Crippen molar-refractivity contribution in [3.05, 3.63) is 29.8 Å². The minimum atomic E-state index is 0.641. The highest BCUT2D eigenvalue weighted by atomic mass is 16.5. The van der Waals surface area contributed by atoms with E-state index < -0.39 is 0 Å². The Balaban J connectivity index is 1.96. The van der Waals surface area contributed by atoms with Crippen molar-refractivity contribution in [3.63, 3.8) is 0 Å². The number of nitrogens with one attached hydrogen (secondary N) is 1. The van der Waals surface area contributed by atoms with E-state index in [9.17, 15) is 0 Å². The third kappa shape index (κ3) is 3.24. The lowest BCUT2D eigenvalue weighted by Gasteiger charge is -2.37. The van der Waals surface area contributed by atoms with Gasteiger partial charge in [-0.15, -0.1) is 0 Å². The number of piperidine rings is 1. The van der Waals surface area contributed by atoms with E-state index in [-0.39, 0.29) is 0 Å². The average Bonchev–Trinajstić information content (AvgIpc) is 2.41. The highest BCUT2D eigenvalue weighted by molar-refractivity contribution is 5.28. The Hall–Kier alpha value is -1.06. The summed E-state index contributed by atoms with van der Waals surface area (Å²) in [7, 11) is 3.79. The number of hydrogen-bond donors (Lipinski definition) is 1. The maximum absolute atomic E-state index is 5.28. The van der Waals surface area contributed by atoms with Crippen molar-refractivity contribution in [2.45, 2.75) is 38.4 Å². The summed E-state index contributed by atoms with van der Waals surface area (Å²) in [4.78, 5) is 2.56. The highest BCUT2D eigenvalue weighted by Crippen LogP contribution is 2.21. The normalized spacial score (nSPS) is 25.1. The first-order valence-corrected chi connectivity index (χ1v) is 6.77. The minimum Gasteiger partial charge on any atom is -0.497 e. The Morgan fingerprint density at radius 2 is 2.28 bits per heavy atom. The van der Waals surface area contributed by atoms with Gasteiger partial charge in [-0.25, -0.2) is 0 Å². The molecule has 1 aromatic rings. The molecular weight excluding hydrogens is 224 g/mol. The van der Waals surface area contributed by atoms with Crippen LogP contribution in [0.25, 0.3) is 0 Å². The molecule has 3 heteroatoms. The first kappa shape index (κ1) is 13.4. The molecule has 1 aliphatic heterocycles. The van der Waals surface area contributed by atoms with Crippen LogP contribution in [0.4, 0.5) is 0 Å².